The van der Waals surface area contributed by atoms with Crippen molar-refractivity contribution in [2.75, 3.05) is 20.6 Å². The molecule has 2 heterocycles. The van der Waals surface area contributed by atoms with Crippen molar-refractivity contribution >= 4 is 11.9 Å². The van der Waals surface area contributed by atoms with Crippen LogP contribution in [0.1, 0.15) is 54.0 Å². The molecule has 6 heteroatoms. The fourth-order valence-corrected chi connectivity index (χ4v) is 7.71. The van der Waals surface area contributed by atoms with Crippen LogP contribution < -0.4 is 4.74 Å². The lowest BCUT2D eigenvalue weighted by molar-refractivity contribution is -0.220. The second kappa shape index (κ2) is 8.36. The first-order valence-electron chi connectivity index (χ1n) is 13.2. The van der Waals surface area contributed by atoms with Gasteiger partial charge in [0.2, 0.25) is 0 Å². The van der Waals surface area contributed by atoms with Crippen molar-refractivity contribution in [3.05, 3.63) is 64.2 Å². The van der Waals surface area contributed by atoms with Gasteiger partial charge in [-0.05, 0) is 88.0 Å². The summed E-state index contributed by atoms with van der Waals surface area (Å²) in [6.07, 6.45) is 2.70. The van der Waals surface area contributed by atoms with E-state index in [4.69, 9.17) is 9.47 Å². The standard InChI is InChI=1S/C31H34N2O4/c1-19-9-10-22(17-20(19)2)11-12-27(35)33(5)24-13-14-31(37-21(3)34)26-18-23-7-6-8-25-28(23)30(31,29(24)36-25)15-16-32(26)4/h6-10,17,24,26,29H,13-16,18H2,1-5H3/t24-,26-,29+,30+,31-/m1/s1. The highest BCUT2D eigenvalue weighted by atomic mass is 16.6. The molecule has 192 valence electrons. The van der Waals surface area contributed by atoms with E-state index in [-0.39, 0.29) is 30.1 Å². The Balaban J connectivity index is 1.40. The average Bonchev–Trinajstić information content (AvgIpc) is 3.21. The number of hydrogen-bond acceptors (Lipinski definition) is 5. The van der Waals surface area contributed by atoms with E-state index in [1.165, 1.54) is 23.6 Å². The van der Waals surface area contributed by atoms with Gasteiger partial charge in [0, 0.05) is 31.0 Å². The zero-order valence-electron chi connectivity index (χ0n) is 22.3. The molecule has 6 rings (SSSR count). The molecule has 2 aromatic carbocycles. The van der Waals surface area contributed by atoms with Crippen molar-refractivity contribution < 1.29 is 19.1 Å². The second-order valence-corrected chi connectivity index (χ2v) is 11.3. The molecule has 1 saturated heterocycles. The fourth-order valence-electron chi connectivity index (χ4n) is 7.71. The number of carbonyl (C=O) groups excluding carboxylic acids is 2. The molecule has 2 fully saturated rings. The molecule has 5 atom stereocenters. The number of likely N-dealkylation sites (tertiary alicyclic amines) is 1. The van der Waals surface area contributed by atoms with Gasteiger partial charge in [-0.3, -0.25) is 14.5 Å². The van der Waals surface area contributed by atoms with E-state index in [1.54, 1.807) is 4.90 Å². The van der Waals surface area contributed by atoms with Gasteiger partial charge in [0.1, 0.15) is 17.5 Å². The van der Waals surface area contributed by atoms with Crippen LogP contribution in [0, 0.1) is 25.7 Å². The molecule has 0 aromatic heterocycles. The zero-order valence-corrected chi connectivity index (χ0v) is 22.3. The van der Waals surface area contributed by atoms with Gasteiger partial charge in [0.25, 0.3) is 5.91 Å². The maximum atomic E-state index is 13.4. The molecule has 0 radical (unpaired) electrons. The Bertz CT molecular complexity index is 1370. The van der Waals surface area contributed by atoms with Gasteiger partial charge in [-0.25, -0.2) is 0 Å². The van der Waals surface area contributed by atoms with Gasteiger partial charge >= 0.3 is 5.97 Å². The van der Waals surface area contributed by atoms with Crippen molar-refractivity contribution in [1.29, 1.82) is 0 Å². The van der Waals surface area contributed by atoms with Crippen molar-refractivity contribution in [2.24, 2.45) is 0 Å². The predicted octanol–water partition coefficient (Wildman–Crippen LogP) is 3.54. The largest absolute Gasteiger partial charge is 0.487 e. The topological polar surface area (TPSA) is 59.1 Å². The number of piperidine rings is 1. The zero-order chi connectivity index (χ0) is 26.1. The number of nitrogens with zero attached hydrogens (tertiary/aromatic N) is 2. The Hall–Kier alpha value is -3.30. The second-order valence-electron chi connectivity index (χ2n) is 11.3. The molecule has 2 aliphatic heterocycles. The number of amides is 1. The van der Waals surface area contributed by atoms with Crippen LogP contribution in [0.2, 0.25) is 0 Å². The molecular formula is C31H34N2O4. The third-order valence-corrected chi connectivity index (χ3v) is 9.52. The summed E-state index contributed by atoms with van der Waals surface area (Å²) in [4.78, 5) is 30.0. The molecule has 2 bridgehead atoms. The van der Waals surface area contributed by atoms with Gasteiger partial charge in [0.15, 0.2) is 0 Å². The van der Waals surface area contributed by atoms with E-state index in [0.717, 1.165) is 36.3 Å². The molecular weight excluding hydrogens is 464 g/mol. The Kier molecular flexibility index (Phi) is 5.44. The molecule has 2 aromatic rings. The molecule has 1 spiro atoms. The molecule has 4 aliphatic rings. The third kappa shape index (κ3) is 3.30. The lowest BCUT2D eigenvalue weighted by Gasteiger charge is -2.65. The smallest absolute Gasteiger partial charge is 0.303 e. The minimum Gasteiger partial charge on any atom is -0.487 e. The highest BCUT2D eigenvalue weighted by Crippen LogP contribution is 2.65. The third-order valence-electron chi connectivity index (χ3n) is 9.52. The molecule has 6 nitrogen and oxygen atoms in total. The summed E-state index contributed by atoms with van der Waals surface area (Å²) in [5.41, 5.74) is 4.48. The van der Waals surface area contributed by atoms with Gasteiger partial charge in [0.05, 0.1) is 17.5 Å². The van der Waals surface area contributed by atoms with Crippen LogP contribution in [0.5, 0.6) is 5.75 Å². The lowest BCUT2D eigenvalue weighted by atomic mass is 9.48. The van der Waals surface area contributed by atoms with E-state index < -0.39 is 11.0 Å². The summed E-state index contributed by atoms with van der Waals surface area (Å²) < 4.78 is 13.1. The molecule has 2 aliphatic carbocycles. The molecule has 37 heavy (non-hydrogen) atoms. The van der Waals surface area contributed by atoms with Crippen molar-refractivity contribution in [3.8, 4) is 17.6 Å². The Morgan fingerprint density at radius 1 is 1.16 bits per heavy atom. The first kappa shape index (κ1) is 24.1. The molecule has 1 amide bonds. The van der Waals surface area contributed by atoms with Gasteiger partial charge in [-0.15, -0.1) is 0 Å². The highest BCUT2D eigenvalue weighted by molar-refractivity contribution is 5.94. The lowest BCUT2D eigenvalue weighted by Crippen LogP contribution is -2.78. The fraction of sp³-hybridized carbons (Fsp3) is 0.484. The Labute approximate surface area is 218 Å². The maximum Gasteiger partial charge on any atom is 0.303 e. The quantitative estimate of drug-likeness (QED) is 0.468. The van der Waals surface area contributed by atoms with Crippen LogP contribution >= 0.6 is 0 Å². The highest BCUT2D eigenvalue weighted by Gasteiger charge is 2.75. The van der Waals surface area contributed by atoms with Gasteiger partial charge in [-0.2, -0.15) is 0 Å². The number of benzene rings is 2. The van der Waals surface area contributed by atoms with Crippen LogP contribution in [-0.2, 0) is 26.2 Å². The van der Waals surface area contributed by atoms with Crippen LogP contribution in [0.15, 0.2) is 36.4 Å². The van der Waals surface area contributed by atoms with Gasteiger partial charge < -0.3 is 14.4 Å². The summed E-state index contributed by atoms with van der Waals surface area (Å²) >= 11 is 0. The summed E-state index contributed by atoms with van der Waals surface area (Å²) in [6, 6.07) is 12.2. The molecule has 1 saturated carbocycles. The monoisotopic (exact) mass is 498 g/mol. The van der Waals surface area contributed by atoms with Crippen LogP contribution in [-0.4, -0.2) is 66.1 Å². The number of hydrogen-bond donors (Lipinski definition) is 0. The number of rotatable bonds is 2. The Morgan fingerprint density at radius 3 is 2.73 bits per heavy atom. The van der Waals surface area contributed by atoms with E-state index in [1.807, 2.05) is 38.2 Å². The number of carbonyl (C=O) groups is 2. The van der Waals surface area contributed by atoms with Crippen LogP contribution in [0.3, 0.4) is 0 Å². The minimum atomic E-state index is -0.679. The first-order chi connectivity index (χ1) is 17.7. The predicted molar refractivity (Wildman–Crippen MR) is 140 cm³/mol. The number of likely N-dealkylation sites (N-methyl/N-ethyl adjacent to an activating group) is 2. The van der Waals surface area contributed by atoms with Crippen LogP contribution in [0.25, 0.3) is 0 Å². The van der Waals surface area contributed by atoms with E-state index >= 15 is 0 Å². The van der Waals surface area contributed by atoms with E-state index in [9.17, 15) is 9.59 Å². The number of ether oxygens (including phenoxy) is 2. The number of esters is 1. The summed E-state index contributed by atoms with van der Waals surface area (Å²) in [5.74, 6) is 6.32. The number of aryl methyl sites for hydroxylation is 2. The van der Waals surface area contributed by atoms with E-state index in [0.29, 0.717) is 12.8 Å². The van der Waals surface area contributed by atoms with Gasteiger partial charge in [-0.1, -0.05) is 24.1 Å². The average molecular weight is 499 g/mol. The minimum absolute atomic E-state index is 0.0728. The SMILES string of the molecule is CC(=O)O[C@@]12CC[C@@H](N(C)C(=O)C#Cc3ccc(C)c(C)c3)[C@@H]3Oc4cccc5c4[C@@]31CCN(C)[C@@H]2C5. The van der Waals surface area contributed by atoms with Crippen molar-refractivity contribution in [3.63, 3.8) is 0 Å². The first-order valence-corrected chi connectivity index (χ1v) is 13.2. The van der Waals surface area contributed by atoms with Crippen molar-refractivity contribution in [1.82, 2.24) is 9.80 Å². The summed E-state index contributed by atoms with van der Waals surface area (Å²) in [5, 5.41) is 0. The molecule has 0 N–H and O–H groups in total. The van der Waals surface area contributed by atoms with Crippen molar-refractivity contribution in [2.45, 2.75) is 75.7 Å². The normalized spacial score (nSPS) is 30.9. The Morgan fingerprint density at radius 2 is 1.97 bits per heavy atom. The summed E-state index contributed by atoms with van der Waals surface area (Å²) in [6.45, 7) is 6.51. The van der Waals surface area contributed by atoms with E-state index in [2.05, 4.69) is 42.8 Å². The van der Waals surface area contributed by atoms with Crippen LogP contribution in [0.4, 0.5) is 0 Å². The summed E-state index contributed by atoms with van der Waals surface area (Å²) in [7, 11) is 3.96. The molecule has 0 unspecified atom stereocenters. The maximum absolute atomic E-state index is 13.4.